The Morgan fingerprint density at radius 1 is 1.07 bits per heavy atom. The molecule has 0 spiro atoms. The molecule has 2 atom stereocenters. The number of ether oxygens (including phenoxy) is 2. The van der Waals surface area contributed by atoms with Crippen LogP contribution in [-0.2, 0) is 19.1 Å². The first kappa shape index (κ1) is 11.4. The van der Waals surface area contributed by atoms with E-state index in [4.69, 9.17) is 0 Å². The molecule has 2 unspecified atom stereocenters. The maximum atomic E-state index is 11.2. The maximum Gasteiger partial charge on any atom is 0.318 e. The smallest absolute Gasteiger partial charge is 0.318 e. The number of methoxy groups -OCH3 is 2. The Morgan fingerprint density at radius 2 is 1.50 bits per heavy atom. The van der Waals surface area contributed by atoms with E-state index >= 15 is 0 Å². The van der Waals surface area contributed by atoms with E-state index in [-0.39, 0.29) is 22.4 Å². The lowest BCUT2D eigenvalue weighted by Crippen LogP contribution is -2.31. The van der Waals surface area contributed by atoms with Gasteiger partial charge in [0.25, 0.3) is 0 Å². The zero-order valence-corrected chi connectivity index (χ0v) is 9.13. The number of thioether (sulfide) groups is 1. The molecule has 0 aromatic rings. The van der Waals surface area contributed by atoms with Crippen LogP contribution in [0.1, 0.15) is 19.3 Å². The normalized spacial score (nSPS) is 26.7. The molecule has 4 nitrogen and oxygen atoms in total. The standard InChI is InChI=1S/C9H14O4S/c1-12-8(10)6-4-3-5-7(14-6)9(11)13-2/h6-7H,3-5H2,1-2H3. The second-order valence-corrected chi connectivity index (χ2v) is 4.50. The van der Waals surface area contributed by atoms with Gasteiger partial charge in [-0.3, -0.25) is 9.59 Å². The van der Waals surface area contributed by atoms with Gasteiger partial charge in [-0.25, -0.2) is 0 Å². The Kier molecular flexibility index (Phi) is 4.25. The molecular weight excluding hydrogens is 204 g/mol. The van der Waals surface area contributed by atoms with Crippen molar-refractivity contribution in [1.82, 2.24) is 0 Å². The highest BCUT2D eigenvalue weighted by atomic mass is 32.2. The van der Waals surface area contributed by atoms with Crippen molar-refractivity contribution in [3.63, 3.8) is 0 Å². The first-order valence-corrected chi connectivity index (χ1v) is 5.44. The summed E-state index contributed by atoms with van der Waals surface area (Å²) in [7, 11) is 2.73. The number of hydrogen-bond donors (Lipinski definition) is 0. The molecule has 0 radical (unpaired) electrons. The highest BCUT2D eigenvalue weighted by Gasteiger charge is 2.32. The second-order valence-electron chi connectivity index (χ2n) is 3.09. The van der Waals surface area contributed by atoms with Crippen molar-refractivity contribution in [3.8, 4) is 0 Å². The first-order chi connectivity index (χ1) is 6.69. The lowest BCUT2D eigenvalue weighted by atomic mass is 10.1. The predicted octanol–water partition coefficient (Wildman–Crippen LogP) is 0.987. The Hall–Kier alpha value is -0.710. The van der Waals surface area contributed by atoms with Crippen LogP contribution in [0.2, 0.25) is 0 Å². The first-order valence-electron chi connectivity index (χ1n) is 4.50. The summed E-state index contributed by atoms with van der Waals surface area (Å²) in [6.07, 6.45) is 2.43. The van der Waals surface area contributed by atoms with E-state index in [1.54, 1.807) is 0 Å². The minimum Gasteiger partial charge on any atom is -0.468 e. The Morgan fingerprint density at radius 3 is 1.86 bits per heavy atom. The second kappa shape index (κ2) is 5.24. The van der Waals surface area contributed by atoms with Crippen LogP contribution in [0.25, 0.3) is 0 Å². The molecule has 1 aliphatic heterocycles. The lowest BCUT2D eigenvalue weighted by molar-refractivity contribution is -0.140. The van der Waals surface area contributed by atoms with Crippen molar-refractivity contribution in [2.45, 2.75) is 29.8 Å². The fourth-order valence-corrected chi connectivity index (χ4v) is 2.85. The van der Waals surface area contributed by atoms with E-state index in [0.717, 1.165) is 19.3 Å². The molecule has 0 amide bonds. The zero-order chi connectivity index (χ0) is 10.6. The number of rotatable bonds is 2. The van der Waals surface area contributed by atoms with Crippen LogP contribution in [-0.4, -0.2) is 36.7 Å². The molecule has 1 fully saturated rings. The summed E-state index contributed by atoms with van der Waals surface area (Å²) in [6, 6.07) is 0. The minimum atomic E-state index is -0.247. The molecule has 1 aliphatic rings. The van der Waals surface area contributed by atoms with Gasteiger partial charge in [-0.1, -0.05) is 6.42 Å². The number of carbonyl (C=O) groups is 2. The summed E-state index contributed by atoms with van der Waals surface area (Å²) in [4.78, 5) is 22.5. The molecule has 5 heteroatoms. The summed E-state index contributed by atoms with van der Waals surface area (Å²) in [5.74, 6) is -0.493. The van der Waals surface area contributed by atoms with Crippen molar-refractivity contribution < 1.29 is 19.1 Å². The Balaban J connectivity index is 2.51. The molecule has 0 N–H and O–H groups in total. The van der Waals surface area contributed by atoms with Gasteiger partial charge in [0, 0.05) is 0 Å². The van der Waals surface area contributed by atoms with Crippen LogP contribution in [0.5, 0.6) is 0 Å². The average Bonchev–Trinajstić information content (AvgIpc) is 2.27. The molecule has 0 saturated carbocycles. The minimum absolute atomic E-state index is 0.210. The maximum absolute atomic E-state index is 11.2. The van der Waals surface area contributed by atoms with Gasteiger partial charge >= 0.3 is 11.9 Å². The summed E-state index contributed by atoms with van der Waals surface area (Å²) in [5, 5.41) is -0.421. The number of carbonyl (C=O) groups excluding carboxylic acids is 2. The van der Waals surface area contributed by atoms with Crippen LogP contribution in [0.15, 0.2) is 0 Å². The van der Waals surface area contributed by atoms with E-state index in [1.165, 1.54) is 26.0 Å². The molecule has 80 valence electrons. The van der Waals surface area contributed by atoms with Gasteiger partial charge in [0.05, 0.1) is 14.2 Å². The molecule has 0 bridgehead atoms. The Bertz CT molecular complexity index is 207. The molecule has 1 rings (SSSR count). The van der Waals surface area contributed by atoms with E-state index in [9.17, 15) is 9.59 Å². The van der Waals surface area contributed by atoms with Gasteiger partial charge in [-0.05, 0) is 12.8 Å². The van der Waals surface area contributed by atoms with Crippen LogP contribution in [0.4, 0.5) is 0 Å². The van der Waals surface area contributed by atoms with Crippen molar-refractivity contribution in [3.05, 3.63) is 0 Å². The third-order valence-electron chi connectivity index (χ3n) is 2.19. The molecular formula is C9H14O4S. The summed E-state index contributed by atoms with van der Waals surface area (Å²) in [5.41, 5.74) is 0. The monoisotopic (exact) mass is 218 g/mol. The third kappa shape index (κ3) is 2.64. The van der Waals surface area contributed by atoms with Crippen LogP contribution in [0.3, 0.4) is 0 Å². The molecule has 1 saturated heterocycles. The van der Waals surface area contributed by atoms with Crippen molar-refractivity contribution >= 4 is 23.7 Å². The van der Waals surface area contributed by atoms with Gasteiger partial charge in [-0.2, -0.15) is 0 Å². The van der Waals surface area contributed by atoms with Crippen LogP contribution in [0, 0.1) is 0 Å². The lowest BCUT2D eigenvalue weighted by Gasteiger charge is -2.24. The third-order valence-corrected chi connectivity index (χ3v) is 3.70. The fraction of sp³-hybridized carbons (Fsp3) is 0.778. The molecule has 1 heterocycles. The fourth-order valence-electron chi connectivity index (χ4n) is 1.43. The Labute approximate surface area is 87.3 Å². The van der Waals surface area contributed by atoms with E-state index < -0.39 is 0 Å². The average molecular weight is 218 g/mol. The number of hydrogen-bond acceptors (Lipinski definition) is 5. The van der Waals surface area contributed by atoms with Crippen molar-refractivity contribution in [2.75, 3.05) is 14.2 Å². The van der Waals surface area contributed by atoms with E-state index in [0.29, 0.717) is 0 Å². The largest absolute Gasteiger partial charge is 0.468 e. The van der Waals surface area contributed by atoms with E-state index in [2.05, 4.69) is 9.47 Å². The number of esters is 2. The SMILES string of the molecule is COC(=O)C1CCCC(C(=O)OC)S1. The molecule has 0 aliphatic carbocycles. The summed E-state index contributed by atoms with van der Waals surface area (Å²) < 4.78 is 9.28. The van der Waals surface area contributed by atoms with Crippen molar-refractivity contribution in [2.24, 2.45) is 0 Å². The van der Waals surface area contributed by atoms with Gasteiger partial charge in [0.1, 0.15) is 10.5 Å². The summed E-state index contributed by atoms with van der Waals surface area (Å²) in [6.45, 7) is 0. The molecule has 14 heavy (non-hydrogen) atoms. The highest BCUT2D eigenvalue weighted by Crippen LogP contribution is 2.32. The highest BCUT2D eigenvalue weighted by molar-refractivity contribution is 8.01. The van der Waals surface area contributed by atoms with Crippen LogP contribution < -0.4 is 0 Å². The predicted molar refractivity (Wildman–Crippen MR) is 53.1 cm³/mol. The van der Waals surface area contributed by atoms with Gasteiger partial charge in [-0.15, -0.1) is 11.8 Å². The van der Waals surface area contributed by atoms with Gasteiger partial charge in [0.15, 0.2) is 0 Å². The quantitative estimate of drug-likeness (QED) is 0.647. The van der Waals surface area contributed by atoms with Crippen LogP contribution >= 0.6 is 11.8 Å². The van der Waals surface area contributed by atoms with Gasteiger partial charge in [0.2, 0.25) is 0 Å². The zero-order valence-electron chi connectivity index (χ0n) is 8.32. The van der Waals surface area contributed by atoms with E-state index in [1.807, 2.05) is 0 Å². The molecule has 0 aromatic carbocycles. The van der Waals surface area contributed by atoms with Gasteiger partial charge < -0.3 is 9.47 Å². The topological polar surface area (TPSA) is 52.6 Å². The summed E-state index contributed by atoms with van der Waals surface area (Å²) >= 11 is 1.35. The van der Waals surface area contributed by atoms with Crippen molar-refractivity contribution in [1.29, 1.82) is 0 Å². The molecule has 0 aromatic heterocycles.